The SMILES string of the molecule is CC/C=C\C/C=C\C/C=C\C/C=C\CCCCCOCC(COC1OC(CO)C(O)C(OS(=O)(=O)O)C1O)OC(=O)CCCCCCC/C=C\CCCCC. The largest absolute Gasteiger partial charge is 0.457 e. The summed E-state index contributed by atoms with van der Waals surface area (Å²) in [5.74, 6) is -0.425. The van der Waals surface area contributed by atoms with E-state index in [1.807, 2.05) is 0 Å². The van der Waals surface area contributed by atoms with Crippen molar-refractivity contribution in [2.24, 2.45) is 0 Å². The Bertz CT molecular complexity index is 1200. The van der Waals surface area contributed by atoms with Gasteiger partial charge in [-0.05, 0) is 77.0 Å². The number of aliphatic hydroxyl groups excluding tert-OH is 3. The molecule has 1 aliphatic heterocycles. The first-order valence-corrected chi connectivity index (χ1v) is 21.9. The van der Waals surface area contributed by atoms with Gasteiger partial charge >= 0.3 is 16.4 Å². The van der Waals surface area contributed by atoms with E-state index in [1.54, 1.807) is 0 Å². The van der Waals surface area contributed by atoms with Crippen LogP contribution in [0.15, 0.2) is 60.8 Å². The standard InChI is InChI=1S/C42H72O12S/c1-3-5-7-9-11-13-15-17-18-19-20-22-24-26-28-30-32-50-34-36(52-38(44)31-29-27-25-23-21-16-14-12-10-8-6-4-2)35-51-42-40(46)41(54-55(47,48)49)39(45)37(33-43)53-42/h5,7,11-14,17-18,20,22,36-37,39-43,45-46H,3-4,6,8-10,15-16,19,21,23-35H2,1-2H3,(H,47,48,49)/b7-5-,13-11-,14-12-,18-17-,22-20-. The number of rotatable bonds is 34. The van der Waals surface area contributed by atoms with Crippen LogP contribution in [0, 0.1) is 0 Å². The molecule has 1 saturated heterocycles. The van der Waals surface area contributed by atoms with Crippen LogP contribution < -0.4 is 0 Å². The number of carbonyl (C=O) groups excluding carboxylic acids is 1. The Morgan fingerprint density at radius 3 is 1.85 bits per heavy atom. The van der Waals surface area contributed by atoms with Gasteiger partial charge in [0.25, 0.3) is 0 Å². The van der Waals surface area contributed by atoms with Crippen molar-refractivity contribution >= 4 is 16.4 Å². The quantitative estimate of drug-likeness (QED) is 0.0215. The van der Waals surface area contributed by atoms with Crippen molar-refractivity contribution in [2.75, 3.05) is 26.4 Å². The van der Waals surface area contributed by atoms with E-state index in [-0.39, 0.29) is 19.6 Å². The van der Waals surface area contributed by atoms with Crippen molar-refractivity contribution in [1.29, 1.82) is 0 Å². The molecular weight excluding hydrogens is 729 g/mol. The van der Waals surface area contributed by atoms with Gasteiger partial charge in [0.2, 0.25) is 0 Å². The minimum absolute atomic E-state index is 0.00832. The molecule has 13 heteroatoms. The summed E-state index contributed by atoms with van der Waals surface area (Å²) < 4.78 is 58.8. The maximum Gasteiger partial charge on any atom is 0.397 e. The molecule has 1 heterocycles. The Morgan fingerprint density at radius 1 is 0.709 bits per heavy atom. The molecule has 0 saturated carbocycles. The maximum atomic E-state index is 12.8. The molecule has 318 valence electrons. The van der Waals surface area contributed by atoms with Crippen LogP contribution in [0.5, 0.6) is 0 Å². The predicted molar refractivity (Wildman–Crippen MR) is 216 cm³/mol. The van der Waals surface area contributed by atoms with Crippen molar-refractivity contribution in [3.05, 3.63) is 60.8 Å². The highest BCUT2D eigenvalue weighted by Crippen LogP contribution is 2.26. The van der Waals surface area contributed by atoms with Crippen molar-refractivity contribution in [2.45, 2.75) is 173 Å². The molecule has 12 nitrogen and oxygen atoms in total. The van der Waals surface area contributed by atoms with Gasteiger partial charge in [-0.1, -0.05) is 113 Å². The third-order valence-electron chi connectivity index (χ3n) is 8.87. The van der Waals surface area contributed by atoms with Crippen molar-refractivity contribution in [3.8, 4) is 0 Å². The lowest BCUT2D eigenvalue weighted by molar-refractivity contribution is -0.301. The van der Waals surface area contributed by atoms with E-state index >= 15 is 0 Å². The van der Waals surface area contributed by atoms with E-state index in [0.29, 0.717) is 13.0 Å². The number of hydrogen-bond acceptors (Lipinski definition) is 11. The van der Waals surface area contributed by atoms with Crippen LogP contribution in [-0.4, -0.2) is 97.5 Å². The number of unbranched alkanes of at least 4 members (excludes halogenated alkanes) is 11. The van der Waals surface area contributed by atoms with Gasteiger partial charge in [-0.2, -0.15) is 8.42 Å². The maximum absolute atomic E-state index is 12.8. The molecule has 0 amide bonds. The van der Waals surface area contributed by atoms with E-state index in [4.69, 9.17) is 23.5 Å². The summed E-state index contributed by atoms with van der Waals surface area (Å²) in [4.78, 5) is 12.8. The molecule has 4 N–H and O–H groups in total. The third kappa shape index (κ3) is 27.9. The second kappa shape index (κ2) is 33.9. The highest BCUT2D eigenvalue weighted by Gasteiger charge is 2.48. The second-order valence-corrected chi connectivity index (χ2v) is 14.9. The van der Waals surface area contributed by atoms with Crippen LogP contribution in [0.4, 0.5) is 0 Å². The number of esters is 1. The van der Waals surface area contributed by atoms with Gasteiger partial charge < -0.3 is 34.3 Å². The van der Waals surface area contributed by atoms with Gasteiger partial charge in [0, 0.05) is 13.0 Å². The molecule has 1 rings (SSSR count). The molecule has 55 heavy (non-hydrogen) atoms. The van der Waals surface area contributed by atoms with E-state index in [1.165, 1.54) is 19.3 Å². The molecule has 0 aromatic heterocycles. The number of ether oxygens (including phenoxy) is 4. The van der Waals surface area contributed by atoms with Gasteiger partial charge in [0.05, 0.1) is 19.8 Å². The summed E-state index contributed by atoms with van der Waals surface area (Å²) in [6.07, 6.45) is 31.2. The molecule has 6 atom stereocenters. The summed E-state index contributed by atoms with van der Waals surface area (Å²) in [6.45, 7) is 3.73. The smallest absolute Gasteiger partial charge is 0.397 e. The summed E-state index contributed by atoms with van der Waals surface area (Å²) in [5.41, 5.74) is 0. The molecule has 0 spiro atoms. The monoisotopic (exact) mass is 800 g/mol. The molecular formula is C42H72O12S. The van der Waals surface area contributed by atoms with Gasteiger partial charge in [0.1, 0.15) is 30.5 Å². The third-order valence-corrected chi connectivity index (χ3v) is 9.34. The van der Waals surface area contributed by atoms with E-state index in [0.717, 1.165) is 89.9 Å². The summed E-state index contributed by atoms with van der Waals surface area (Å²) >= 11 is 0. The first-order valence-electron chi connectivity index (χ1n) is 20.5. The van der Waals surface area contributed by atoms with E-state index in [9.17, 15) is 28.5 Å². The van der Waals surface area contributed by atoms with E-state index < -0.39 is 59.8 Å². The van der Waals surface area contributed by atoms with Crippen LogP contribution in [-0.2, 0) is 38.3 Å². The van der Waals surface area contributed by atoms with Gasteiger partial charge in [-0.15, -0.1) is 0 Å². The number of carbonyl (C=O) groups is 1. The van der Waals surface area contributed by atoms with E-state index in [2.05, 4.69) is 78.8 Å². The Balaban J connectivity index is 2.52. The first-order chi connectivity index (χ1) is 26.6. The first kappa shape index (κ1) is 50.8. The normalized spacial score (nSPS) is 21.6. The lowest BCUT2D eigenvalue weighted by Gasteiger charge is -2.41. The molecule has 1 fully saturated rings. The van der Waals surface area contributed by atoms with Crippen molar-refractivity contribution in [1.82, 2.24) is 0 Å². The van der Waals surface area contributed by atoms with Crippen LogP contribution in [0.2, 0.25) is 0 Å². The van der Waals surface area contributed by atoms with Crippen LogP contribution >= 0.6 is 0 Å². The highest BCUT2D eigenvalue weighted by atomic mass is 32.3. The Hall–Kier alpha value is -2.20. The molecule has 0 aliphatic carbocycles. The highest BCUT2D eigenvalue weighted by molar-refractivity contribution is 7.80. The number of aliphatic hydroxyl groups is 3. The topological polar surface area (TPSA) is 178 Å². The molecule has 1 aliphatic rings. The minimum atomic E-state index is -5.07. The van der Waals surface area contributed by atoms with Crippen LogP contribution in [0.25, 0.3) is 0 Å². The fourth-order valence-corrected chi connectivity index (χ4v) is 6.28. The second-order valence-electron chi connectivity index (χ2n) is 13.8. The zero-order valence-corrected chi connectivity index (χ0v) is 34.3. The molecule has 0 bridgehead atoms. The van der Waals surface area contributed by atoms with Crippen LogP contribution in [0.3, 0.4) is 0 Å². The average Bonchev–Trinajstić information content (AvgIpc) is 3.15. The summed E-state index contributed by atoms with van der Waals surface area (Å²) in [5, 5.41) is 30.6. The van der Waals surface area contributed by atoms with Gasteiger partial charge in [0.15, 0.2) is 6.29 Å². The molecule has 0 aromatic rings. The van der Waals surface area contributed by atoms with Gasteiger partial charge in [-0.25, -0.2) is 4.18 Å². The Labute approximate surface area is 331 Å². The fourth-order valence-electron chi connectivity index (χ4n) is 5.77. The Kier molecular flexibility index (Phi) is 31.3. The lowest BCUT2D eigenvalue weighted by Crippen LogP contribution is -2.60. The molecule has 6 unspecified atom stereocenters. The zero-order valence-electron chi connectivity index (χ0n) is 33.5. The van der Waals surface area contributed by atoms with Crippen molar-refractivity contribution in [3.63, 3.8) is 0 Å². The predicted octanol–water partition coefficient (Wildman–Crippen LogP) is 7.79. The number of hydrogen-bond donors (Lipinski definition) is 4. The average molecular weight is 801 g/mol. The lowest BCUT2D eigenvalue weighted by atomic mass is 9.99. The molecule has 0 radical (unpaired) electrons. The fraction of sp³-hybridized carbons (Fsp3) is 0.738. The van der Waals surface area contributed by atoms with Crippen molar-refractivity contribution < 1.29 is 56.2 Å². The zero-order chi connectivity index (χ0) is 40.4. The minimum Gasteiger partial charge on any atom is -0.457 e. The summed E-state index contributed by atoms with van der Waals surface area (Å²) in [6, 6.07) is 0. The summed E-state index contributed by atoms with van der Waals surface area (Å²) in [7, 11) is -5.07. The van der Waals surface area contributed by atoms with Gasteiger partial charge in [-0.3, -0.25) is 9.35 Å². The van der Waals surface area contributed by atoms with Crippen LogP contribution in [0.1, 0.15) is 136 Å². The molecule has 0 aromatic carbocycles. The Morgan fingerprint density at radius 2 is 1.25 bits per heavy atom. The number of allylic oxidation sites excluding steroid dienone is 10.